The third kappa shape index (κ3) is 2.60. The second-order valence-corrected chi connectivity index (χ2v) is 4.07. The molecule has 2 aromatic rings. The Balaban J connectivity index is 2.60. The van der Waals surface area contributed by atoms with Crippen molar-refractivity contribution in [3.63, 3.8) is 0 Å². The van der Waals surface area contributed by atoms with Crippen LogP contribution in [0.2, 0.25) is 0 Å². The molecule has 0 spiro atoms. The molecule has 0 unspecified atom stereocenters. The molecule has 2 aromatic carbocycles. The number of nitrogens with zero attached hydrogens (tertiary/aromatic N) is 2. The Morgan fingerprint density at radius 3 is 1.20 bits per heavy atom. The van der Waals surface area contributed by atoms with Gasteiger partial charge in [-0.1, -0.05) is 0 Å². The molecule has 2 N–H and O–H groups in total. The zero-order valence-electron chi connectivity index (χ0n) is 10.4. The summed E-state index contributed by atoms with van der Waals surface area (Å²) in [6.07, 6.45) is 0. The van der Waals surface area contributed by atoms with Gasteiger partial charge in [0.15, 0.2) is 0 Å². The summed E-state index contributed by atoms with van der Waals surface area (Å²) in [6, 6.07) is 16.2. The van der Waals surface area contributed by atoms with E-state index >= 15 is 0 Å². The molecule has 0 atom stereocenters. The maximum Gasteiger partial charge on any atom is 0.115 e. The molecule has 0 amide bonds. The smallest absolute Gasteiger partial charge is 0.115 e. The van der Waals surface area contributed by atoms with Crippen LogP contribution in [-0.4, -0.2) is 10.2 Å². The highest BCUT2D eigenvalue weighted by Gasteiger charge is 2.11. The number of nitriles is 2. The Bertz CT molecular complexity index is 665. The van der Waals surface area contributed by atoms with Gasteiger partial charge in [0.05, 0.1) is 11.1 Å². The fourth-order valence-corrected chi connectivity index (χ4v) is 1.79. The van der Waals surface area contributed by atoms with E-state index in [0.29, 0.717) is 11.1 Å². The molecule has 0 saturated carbocycles. The van der Waals surface area contributed by atoms with Gasteiger partial charge < -0.3 is 10.2 Å². The largest absolute Gasteiger partial charge is 0.508 e. The third-order valence-electron chi connectivity index (χ3n) is 2.79. The van der Waals surface area contributed by atoms with Crippen LogP contribution in [0.15, 0.2) is 48.5 Å². The maximum atomic E-state index is 9.30. The van der Waals surface area contributed by atoms with E-state index in [4.69, 9.17) is 0 Å². The van der Waals surface area contributed by atoms with Crippen molar-refractivity contribution in [3.05, 3.63) is 59.7 Å². The van der Waals surface area contributed by atoms with Crippen LogP contribution in [-0.2, 0) is 0 Å². The van der Waals surface area contributed by atoms with E-state index in [1.165, 1.54) is 24.3 Å². The maximum absolute atomic E-state index is 9.30. The van der Waals surface area contributed by atoms with E-state index < -0.39 is 0 Å². The molecule has 0 aliphatic carbocycles. The van der Waals surface area contributed by atoms with Crippen LogP contribution < -0.4 is 0 Å². The molecule has 0 aliphatic heterocycles. The first-order valence-electron chi connectivity index (χ1n) is 5.79. The Hall–Kier alpha value is -3.24. The van der Waals surface area contributed by atoms with Crippen molar-refractivity contribution in [2.45, 2.75) is 0 Å². The molecule has 0 saturated heterocycles. The van der Waals surface area contributed by atoms with Crippen LogP contribution in [0, 0.1) is 22.7 Å². The van der Waals surface area contributed by atoms with E-state index in [9.17, 15) is 20.7 Å². The first-order chi connectivity index (χ1) is 9.65. The van der Waals surface area contributed by atoms with Crippen molar-refractivity contribution < 1.29 is 10.2 Å². The molecule has 0 fully saturated rings. The summed E-state index contributed by atoms with van der Waals surface area (Å²) in [5, 5.41) is 37.1. The monoisotopic (exact) mass is 262 g/mol. The Morgan fingerprint density at radius 2 is 0.950 bits per heavy atom. The molecule has 0 radical (unpaired) electrons. The van der Waals surface area contributed by atoms with Crippen LogP contribution >= 0.6 is 0 Å². The van der Waals surface area contributed by atoms with Gasteiger partial charge in [0, 0.05) is 0 Å². The fraction of sp³-hybridized carbons (Fsp3) is 0. The minimum atomic E-state index is 0.0918. The van der Waals surface area contributed by atoms with Crippen LogP contribution in [0.3, 0.4) is 0 Å². The fourth-order valence-electron chi connectivity index (χ4n) is 1.79. The molecule has 0 aliphatic rings. The summed E-state index contributed by atoms with van der Waals surface area (Å²) >= 11 is 0. The summed E-state index contributed by atoms with van der Waals surface area (Å²) < 4.78 is 0. The Labute approximate surface area is 116 Å². The lowest BCUT2D eigenvalue weighted by molar-refractivity contribution is 0.474. The molecule has 96 valence electrons. The topological polar surface area (TPSA) is 88.0 Å². The molecule has 0 aromatic heterocycles. The lowest BCUT2D eigenvalue weighted by Gasteiger charge is -2.05. The Morgan fingerprint density at radius 1 is 0.650 bits per heavy atom. The Kier molecular flexibility index (Phi) is 3.70. The number of aromatic hydroxyl groups is 2. The van der Waals surface area contributed by atoms with E-state index in [1.807, 2.05) is 12.1 Å². The summed E-state index contributed by atoms with van der Waals surface area (Å²) in [5.41, 5.74) is 1.54. The van der Waals surface area contributed by atoms with Crippen molar-refractivity contribution >= 4 is 11.1 Å². The zero-order valence-corrected chi connectivity index (χ0v) is 10.4. The molecule has 4 heteroatoms. The number of benzene rings is 2. The average Bonchev–Trinajstić information content (AvgIpc) is 2.47. The van der Waals surface area contributed by atoms with E-state index in [2.05, 4.69) is 0 Å². The first-order valence-corrected chi connectivity index (χ1v) is 5.79. The van der Waals surface area contributed by atoms with E-state index in [0.717, 1.165) is 0 Å². The van der Waals surface area contributed by atoms with E-state index in [1.54, 1.807) is 24.3 Å². The van der Waals surface area contributed by atoms with Crippen molar-refractivity contribution in [1.82, 2.24) is 0 Å². The van der Waals surface area contributed by atoms with Gasteiger partial charge >= 0.3 is 0 Å². The minimum absolute atomic E-state index is 0.0918. The molecule has 0 bridgehead atoms. The van der Waals surface area contributed by atoms with Crippen molar-refractivity contribution in [1.29, 1.82) is 10.5 Å². The van der Waals surface area contributed by atoms with Gasteiger partial charge in [-0.2, -0.15) is 10.5 Å². The lowest BCUT2D eigenvalue weighted by Crippen LogP contribution is -1.89. The van der Waals surface area contributed by atoms with Gasteiger partial charge in [0.25, 0.3) is 0 Å². The molecule has 4 nitrogen and oxygen atoms in total. The summed E-state index contributed by atoms with van der Waals surface area (Å²) in [7, 11) is 0. The molecular weight excluding hydrogens is 252 g/mol. The predicted octanol–water partition coefficient (Wildman–Crippen LogP) is 3.06. The first kappa shape index (κ1) is 13.2. The second-order valence-electron chi connectivity index (χ2n) is 4.07. The summed E-state index contributed by atoms with van der Waals surface area (Å²) in [6.45, 7) is 0. The third-order valence-corrected chi connectivity index (χ3v) is 2.79. The minimum Gasteiger partial charge on any atom is -0.508 e. The number of allylic oxidation sites excluding steroid dienone is 2. The standard InChI is InChI=1S/C16H10N2O2/c17-9-15(11-1-5-13(19)6-2-11)16(10-18)12-3-7-14(20)8-4-12/h1-8,19-20H/b16-15-. The normalized spacial score (nSPS) is 11.1. The second kappa shape index (κ2) is 5.60. The van der Waals surface area contributed by atoms with Gasteiger partial charge in [0.2, 0.25) is 0 Å². The van der Waals surface area contributed by atoms with Crippen LogP contribution in [0.5, 0.6) is 11.5 Å². The van der Waals surface area contributed by atoms with Gasteiger partial charge in [-0.25, -0.2) is 0 Å². The molecule has 0 heterocycles. The SMILES string of the molecule is N#C/C(=C(\C#N)c1ccc(O)cc1)c1ccc(O)cc1. The number of phenolic OH excluding ortho intramolecular Hbond substituents is 2. The number of phenols is 2. The lowest BCUT2D eigenvalue weighted by atomic mass is 9.96. The number of rotatable bonds is 2. The van der Waals surface area contributed by atoms with Gasteiger partial charge in [0.1, 0.15) is 23.6 Å². The molecule has 2 rings (SSSR count). The highest BCUT2D eigenvalue weighted by Crippen LogP contribution is 2.27. The highest BCUT2D eigenvalue weighted by atomic mass is 16.3. The van der Waals surface area contributed by atoms with Crippen LogP contribution in [0.25, 0.3) is 11.1 Å². The summed E-state index contributed by atoms with van der Waals surface area (Å²) in [4.78, 5) is 0. The van der Waals surface area contributed by atoms with Gasteiger partial charge in [-0.3, -0.25) is 0 Å². The van der Waals surface area contributed by atoms with Gasteiger partial charge in [-0.15, -0.1) is 0 Å². The van der Waals surface area contributed by atoms with Crippen molar-refractivity contribution in [3.8, 4) is 23.6 Å². The van der Waals surface area contributed by atoms with Gasteiger partial charge in [-0.05, 0) is 59.7 Å². The van der Waals surface area contributed by atoms with Crippen molar-refractivity contribution in [2.75, 3.05) is 0 Å². The van der Waals surface area contributed by atoms with E-state index in [-0.39, 0.29) is 22.6 Å². The zero-order chi connectivity index (χ0) is 14.5. The predicted molar refractivity (Wildman–Crippen MR) is 74.3 cm³/mol. The highest BCUT2D eigenvalue weighted by molar-refractivity contribution is 6.02. The summed E-state index contributed by atoms with van der Waals surface area (Å²) in [5.74, 6) is 0.184. The van der Waals surface area contributed by atoms with Crippen molar-refractivity contribution in [2.24, 2.45) is 0 Å². The average molecular weight is 262 g/mol. The quantitative estimate of drug-likeness (QED) is 0.643. The molecular formula is C16H10N2O2. The van der Waals surface area contributed by atoms with Crippen LogP contribution in [0.1, 0.15) is 11.1 Å². The van der Waals surface area contributed by atoms with Crippen LogP contribution in [0.4, 0.5) is 0 Å². The number of hydrogen-bond donors (Lipinski definition) is 2. The number of hydrogen-bond acceptors (Lipinski definition) is 4. The molecule has 20 heavy (non-hydrogen) atoms.